The second-order valence-electron chi connectivity index (χ2n) is 7.58. The predicted molar refractivity (Wildman–Crippen MR) is 119 cm³/mol. The van der Waals surface area contributed by atoms with Gasteiger partial charge in [0.1, 0.15) is 17.5 Å². The van der Waals surface area contributed by atoms with Crippen molar-refractivity contribution < 1.29 is 4.79 Å². The van der Waals surface area contributed by atoms with Gasteiger partial charge < -0.3 is 19.6 Å². The zero-order valence-corrected chi connectivity index (χ0v) is 17.9. The van der Waals surface area contributed by atoms with Crippen LogP contribution in [0.15, 0.2) is 29.7 Å². The fourth-order valence-electron chi connectivity index (χ4n) is 3.70. The van der Waals surface area contributed by atoms with Crippen molar-refractivity contribution in [1.29, 1.82) is 0 Å². The van der Waals surface area contributed by atoms with Crippen molar-refractivity contribution in [1.82, 2.24) is 19.8 Å². The Morgan fingerprint density at radius 3 is 2.21 bits per heavy atom. The molecule has 2 fully saturated rings. The molecule has 0 aromatic carbocycles. The number of aryl methyl sites for hydroxylation is 1. The van der Waals surface area contributed by atoms with Gasteiger partial charge in [0.05, 0.1) is 0 Å². The number of carbonyl (C=O) groups excluding carboxylic acids is 1. The van der Waals surface area contributed by atoms with Crippen LogP contribution >= 0.6 is 11.3 Å². The van der Waals surface area contributed by atoms with E-state index < -0.39 is 0 Å². The molecule has 0 saturated carbocycles. The van der Waals surface area contributed by atoms with Gasteiger partial charge in [-0.1, -0.05) is 6.07 Å². The third-order valence-corrected chi connectivity index (χ3v) is 6.32. The van der Waals surface area contributed by atoms with Crippen molar-refractivity contribution >= 4 is 35.0 Å². The van der Waals surface area contributed by atoms with E-state index >= 15 is 0 Å². The van der Waals surface area contributed by atoms with Crippen molar-refractivity contribution in [2.75, 3.05) is 69.2 Å². The summed E-state index contributed by atoms with van der Waals surface area (Å²) in [5.41, 5.74) is 0. The largest absolute Gasteiger partial charge is 0.354 e. The van der Waals surface area contributed by atoms with Gasteiger partial charge in [0.2, 0.25) is 5.91 Å². The van der Waals surface area contributed by atoms with E-state index in [1.54, 1.807) is 17.4 Å². The SMILES string of the molecule is Cc1nc(N2CCN(C)CC2)cc(N2CCN(C(=O)/C=C/c3cccs3)CC2)n1. The molecular weight excluding hydrogens is 384 g/mol. The second-order valence-corrected chi connectivity index (χ2v) is 8.56. The Bertz CT molecular complexity index is 852. The molecule has 0 atom stereocenters. The molecule has 154 valence electrons. The number of hydrogen-bond donors (Lipinski definition) is 0. The lowest BCUT2D eigenvalue weighted by atomic mass is 10.2. The topological polar surface area (TPSA) is 55.8 Å². The van der Waals surface area contributed by atoms with Crippen LogP contribution in [0.5, 0.6) is 0 Å². The number of rotatable bonds is 4. The van der Waals surface area contributed by atoms with Crippen LogP contribution in [0.3, 0.4) is 0 Å². The first kappa shape index (κ1) is 19.8. The molecule has 0 N–H and O–H groups in total. The molecule has 2 saturated heterocycles. The summed E-state index contributed by atoms with van der Waals surface area (Å²) < 4.78 is 0. The van der Waals surface area contributed by atoms with Crippen molar-refractivity contribution in [3.8, 4) is 0 Å². The Hall–Kier alpha value is -2.45. The maximum atomic E-state index is 12.5. The van der Waals surface area contributed by atoms with E-state index in [-0.39, 0.29) is 5.91 Å². The number of hydrogen-bond acceptors (Lipinski definition) is 7. The number of thiophene rings is 1. The molecule has 4 rings (SSSR count). The number of anilines is 2. The van der Waals surface area contributed by atoms with Gasteiger partial charge >= 0.3 is 0 Å². The summed E-state index contributed by atoms with van der Waals surface area (Å²) in [4.78, 5) is 31.8. The minimum Gasteiger partial charge on any atom is -0.354 e. The van der Waals surface area contributed by atoms with Crippen LogP contribution in [0.25, 0.3) is 6.08 Å². The van der Waals surface area contributed by atoms with E-state index in [9.17, 15) is 4.79 Å². The predicted octanol–water partition coefficient (Wildman–Crippen LogP) is 1.96. The molecule has 2 aliphatic heterocycles. The van der Waals surface area contributed by atoms with Crippen molar-refractivity contribution in [3.63, 3.8) is 0 Å². The third kappa shape index (κ3) is 4.94. The molecule has 7 nitrogen and oxygen atoms in total. The summed E-state index contributed by atoms with van der Waals surface area (Å²) in [5.74, 6) is 2.86. The first-order chi connectivity index (χ1) is 14.1. The van der Waals surface area contributed by atoms with Crippen LogP contribution in [-0.4, -0.2) is 85.1 Å². The number of carbonyl (C=O) groups is 1. The third-order valence-electron chi connectivity index (χ3n) is 5.49. The fourth-order valence-corrected chi connectivity index (χ4v) is 4.31. The van der Waals surface area contributed by atoms with E-state index in [0.717, 1.165) is 61.6 Å². The van der Waals surface area contributed by atoms with Crippen LogP contribution < -0.4 is 9.80 Å². The summed E-state index contributed by atoms with van der Waals surface area (Å²) in [6.45, 7) is 9.04. The average Bonchev–Trinajstić information content (AvgIpc) is 3.26. The number of amides is 1. The molecule has 29 heavy (non-hydrogen) atoms. The van der Waals surface area contributed by atoms with E-state index in [2.05, 4.69) is 37.8 Å². The van der Waals surface area contributed by atoms with Crippen molar-refractivity contribution in [3.05, 3.63) is 40.4 Å². The molecule has 0 unspecified atom stereocenters. The summed E-state index contributed by atoms with van der Waals surface area (Å²) in [6.07, 6.45) is 3.58. The quantitative estimate of drug-likeness (QED) is 0.716. The first-order valence-electron chi connectivity index (χ1n) is 10.1. The zero-order chi connectivity index (χ0) is 20.2. The molecule has 0 spiro atoms. The Kier molecular flexibility index (Phi) is 6.10. The summed E-state index contributed by atoms with van der Waals surface area (Å²) in [5, 5.41) is 2.02. The Labute approximate surface area is 176 Å². The lowest BCUT2D eigenvalue weighted by Gasteiger charge is -2.36. The highest BCUT2D eigenvalue weighted by molar-refractivity contribution is 7.10. The number of piperazine rings is 2. The maximum absolute atomic E-state index is 12.5. The highest BCUT2D eigenvalue weighted by Crippen LogP contribution is 2.21. The lowest BCUT2D eigenvalue weighted by Crippen LogP contribution is -2.49. The Morgan fingerprint density at radius 2 is 1.62 bits per heavy atom. The second kappa shape index (κ2) is 8.92. The van der Waals surface area contributed by atoms with Gasteiger partial charge in [0.25, 0.3) is 0 Å². The smallest absolute Gasteiger partial charge is 0.246 e. The van der Waals surface area contributed by atoms with Crippen LogP contribution in [0.2, 0.25) is 0 Å². The standard InChI is InChI=1S/C21H28N6OS/c1-17-22-19(25-9-7-24(2)8-10-25)16-20(23-17)26-11-13-27(14-12-26)21(28)6-5-18-4-3-15-29-18/h3-6,15-16H,7-14H2,1-2H3/b6-5+. The fraction of sp³-hybridized carbons (Fsp3) is 0.476. The Morgan fingerprint density at radius 1 is 1.00 bits per heavy atom. The molecule has 1 amide bonds. The van der Waals surface area contributed by atoms with Crippen molar-refractivity contribution in [2.45, 2.75) is 6.92 Å². The molecule has 2 aromatic heterocycles. The molecule has 2 aliphatic rings. The van der Waals surface area contributed by atoms with Gasteiger partial charge in [-0.2, -0.15) is 0 Å². The molecular formula is C21H28N6OS. The average molecular weight is 413 g/mol. The summed E-state index contributed by atoms with van der Waals surface area (Å²) in [7, 11) is 2.16. The highest BCUT2D eigenvalue weighted by atomic mass is 32.1. The van der Waals surface area contributed by atoms with E-state index in [4.69, 9.17) is 0 Å². The first-order valence-corrected chi connectivity index (χ1v) is 11.0. The normalized spacial score (nSPS) is 18.6. The Balaban J connectivity index is 1.37. The zero-order valence-electron chi connectivity index (χ0n) is 17.1. The summed E-state index contributed by atoms with van der Waals surface area (Å²) in [6, 6.07) is 6.11. The number of nitrogens with zero attached hydrogens (tertiary/aromatic N) is 6. The van der Waals surface area contributed by atoms with Crippen LogP contribution in [-0.2, 0) is 4.79 Å². The number of likely N-dealkylation sites (N-methyl/N-ethyl adjacent to an activating group) is 1. The number of aromatic nitrogens is 2. The van der Waals surface area contributed by atoms with E-state index in [1.165, 1.54) is 0 Å². The van der Waals surface area contributed by atoms with Gasteiger partial charge in [-0.3, -0.25) is 4.79 Å². The summed E-state index contributed by atoms with van der Waals surface area (Å²) >= 11 is 1.64. The van der Waals surface area contributed by atoms with Gasteiger partial charge in [-0.05, 0) is 31.5 Å². The monoisotopic (exact) mass is 412 g/mol. The minimum absolute atomic E-state index is 0.0787. The van der Waals surface area contributed by atoms with Gasteiger partial charge in [0.15, 0.2) is 0 Å². The molecule has 0 bridgehead atoms. The highest BCUT2D eigenvalue weighted by Gasteiger charge is 2.23. The molecule has 4 heterocycles. The maximum Gasteiger partial charge on any atom is 0.246 e. The molecule has 2 aromatic rings. The molecule has 0 radical (unpaired) electrons. The van der Waals surface area contributed by atoms with Crippen molar-refractivity contribution in [2.24, 2.45) is 0 Å². The minimum atomic E-state index is 0.0787. The van der Waals surface area contributed by atoms with Gasteiger partial charge in [0, 0.05) is 69.4 Å². The molecule has 0 aliphatic carbocycles. The van der Waals surface area contributed by atoms with Gasteiger partial charge in [-0.15, -0.1) is 11.3 Å². The lowest BCUT2D eigenvalue weighted by molar-refractivity contribution is -0.126. The molecule has 8 heteroatoms. The van der Waals surface area contributed by atoms with E-state index in [1.807, 2.05) is 35.4 Å². The van der Waals surface area contributed by atoms with Crippen LogP contribution in [0.1, 0.15) is 10.7 Å². The van der Waals surface area contributed by atoms with Crippen LogP contribution in [0, 0.1) is 6.92 Å². The van der Waals surface area contributed by atoms with E-state index in [0.29, 0.717) is 13.1 Å². The van der Waals surface area contributed by atoms with Crippen LogP contribution in [0.4, 0.5) is 11.6 Å². The van der Waals surface area contributed by atoms with Gasteiger partial charge in [-0.25, -0.2) is 9.97 Å².